The zero-order valence-electron chi connectivity index (χ0n) is 11.7. The van der Waals surface area contributed by atoms with Gasteiger partial charge in [0.1, 0.15) is 4.21 Å². The minimum Gasteiger partial charge on any atom is -0.421 e. The van der Waals surface area contributed by atoms with Crippen molar-refractivity contribution in [2.24, 2.45) is 0 Å². The van der Waals surface area contributed by atoms with Crippen molar-refractivity contribution in [3.8, 4) is 11.5 Å². The molecule has 1 N–H and O–H groups in total. The van der Waals surface area contributed by atoms with Gasteiger partial charge in [0, 0.05) is 17.5 Å². The summed E-state index contributed by atoms with van der Waals surface area (Å²) in [5, 5.41) is 9.47. The van der Waals surface area contributed by atoms with Gasteiger partial charge in [-0.05, 0) is 18.2 Å². The number of anilines is 1. The van der Waals surface area contributed by atoms with E-state index in [0.717, 1.165) is 11.3 Å². The largest absolute Gasteiger partial charge is 0.421 e. The summed E-state index contributed by atoms with van der Waals surface area (Å²) < 4.78 is 32.8. The highest BCUT2D eigenvalue weighted by molar-refractivity contribution is 7.94. The van der Waals surface area contributed by atoms with Crippen LogP contribution in [-0.2, 0) is 16.4 Å². The Hall–Kier alpha value is -2.19. The quantitative estimate of drug-likeness (QED) is 0.774. The van der Waals surface area contributed by atoms with Crippen LogP contribution in [0.25, 0.3) is 11.5 Å². The third-order valence-corrected chi connectivity index (χ3v) is 5.70. The molecule has 0 spiro atoms. The second-order valence-electron chi connectivity index (χ2n) is 4.48. The lowest BCUT2D eigenvalue weighted by molar-refractivity contribution is 0.513. The highest BCUT2D eigenvalue weighted by Gasteiger charge is 2.19. The van der Waals surface area contributed by atoms with E-state index in [1.54, 1.807) is 29.6 Å². The zero-order chi connectivity index (χ0) is 15.6. The molecule has 3 aromatic rings. The highest BCUT2D eigenvalue weighted by Crippen LogP contribution is 2.29. The van der Waals surface area contributed by atoms with E-state index in [9.17, 15) is 8.42 Å². The summed E-state index contributed by atoms with van der Waals surface area (Å²) in [7, 11) is -3.62. The van der Waals surface area contributed by atoms with E-state index in [-0.39, 0.29) is 4.21 Å². The van der Waals surface area contributed by atoms with Crippen molar-refractivity contribution in [2.45, 2.75) is 17.6 Å². The van der Waals surface area contributed by atoms with Crippen LogP contribution < -0.4 is 4.72 Å². The van der Waals surface area contributed by atoms with E-state index < -0.39 is 10.0 Å². The Morgan fingerprint density at radius 3 is 2.68 bits per heavy atom. The molecule has 2 heterocycles. The first-order valence-corrected chi connectivity index (χ1v) is 8.94. The van der Waals surface area contributed by atoms with Gasteiger partial charge in [-0.25, -0.2) is 8.42 Å². The van der Waals surface area contributed by atoms with Gasteiger partial charge in [0.15, 0.2) is 0 Å². The van der Waals surface area contributed by atoms with E-state index in [1.807, 2.05) is 13.0 Å². The lowest BCUT2D eigenvalue weighted by atomic mass is 10.3. The number of nitrogens with zero attached hydrogens (tertiary/aromatic N) is 2. The molecule has 2 aromatic heterocycles. The van der Waals surface area contributed by atoms with Gasteiger partial charge in [0.05, 0.1) is 5.56 Å². The molecule has 0 unspecified atom stereocenters. The molecule has 22 heavy (non-hydrogen) atoms. The predicted molar refractivity (Wildman–Crippen MR) is 84.2 cm³/mol. The van der Waals surface area contributed by atoms with Crippen LogP contribution in [0.15, 0.2) is 50.4 Å². The SMILES string of the molecule is CCc1nnc(-c2csc(S(=O)(=O)Nc3ccccc3)c2)o1. The predicted octanol–water partition coefficient (Wildman–Crippen LogP) is 3.16. The van der Waals surface area contributed by atoms with Gasteiger partial charge in [0.2, 0.25) is 11.8 Å². The van der Waals surface area contributed by atoms with Gasteiger partial charge >= 0.3 is 0 Å². The standard InChI is InChI=1S/C14H13N3O3S2/c1-2-12-15-16-14(20-12)10-8-13(21-9-10)22(18,19)17-11-6-4-3-5-7-11/h3-9,17H,2H2,1H3. The lowest BCUT2D eigenvalue weighted by Gasteiger charge is -2.05. The average Bonchev–Trinajstić information content (AvgIpc) is 3.17. The topological polar surface area (TPSA) is 85.1 Å². The summed E-state index contributed by atoms with van der Waals surface area (Å²) in [5.41, 5.74) is 1.12. The van der Waals surface area contributed by atoms with Crippen LogP contribution in [0.2, 0.25) is 0 Å². The summed E-state index contributed by atoms with van der Waals surface area (Å²) >= 11 is 1.11. The minimum atomic E-state index is -3.62. The molecule has 0 aliphatic heterocycles. The van der Waals surface area contributed by atoms with Crippen LogP contribution in [0.1, 0.15) is 12.8 Å². The lowest BCUT2D eigenvalue weighted by Crippen LogP contribution is -2.11. The molecule has 3 rings (SSSR count). The van der Waals surface area contributed by atoms with Gasteiger partial charge in [-0.2, -0.15) is 0 Å². The number of aromatic nitrogens is 2. The van der Waals surface area contributed by atoms with Gasteiger partial charge in [-0.3, -0.25) is 4.72 Å². The van der Waals surface area contributed by atoms with Crippen molar-refractivity contribution in [1.82, 2.24) is 10.2 Å². The van der Waals surface area contributed by atoms with Crippen LogP contribution in [0, 0.1) is 0 Å². The van der Waals surface area contributed by atoms with E-state index in [2.05, 4.69) is 14.9 Å². The molecule has 0 saturated carbocycles. The second-order valence-corrected chi connectivity index (χ2v) is 7.30. The van der Waals surface area contributed by atoms with Crippen molar-refractivity contribution in [3.05, 3.63) is 47.7 Å². The number of sulfonamides is 1. The molecule has 0 bridgehead atoms. The van der Waals surface area contributed by atoms with E-state index in [1.165, 1.54) is 6.07 Å². The molecule has 0 aliphatic rings. The average molecular weight is 335 g/mol. The Morgan fingerprint density at radius 1 is 1.23 bits per heavy atom. The fourth-order valence-electron chi connectivity index (χ4n) is 1.79. The molecule has 0 aliphatic carbocycles. The maximum Gasteiger partial charge on any atom is 0.271 e. The van der Waals surface area contributed by atoms with Gasteiger partial charge in [0.25, 0.3) is 10.0 Å². The minimum absolute atomic E-state index is 0.197. The number of para-hydroxylation sites is 1. The number of benzene rings is 1. The van der Waals surface area contributed by atoms with Crippen LogP contribution in [0.3, 0.4) is 0 Å². The zero-order valence-corrected chi connectivity index (χ0v) is 13.3. The number of thiophene rings is 1. The van der Waals surface area contributed by atoms with Crippen LogP contribution in [0.5, 0.6) is 0 Å². The first-order valence-electron chi connectivity index (χ1n) is 6.57. The maximum atomic E-state index is 12.3. The Morgan fingerprint density at radius 2 is 2.00 bits per heavy atom. The molecule has 0 fully saturated rings. The van der Waals surface area contributed by atoms with Crippen LogP contribution in [-0.4, -0.2) is 18.6 Å². The Kier molecular flexibility index (Phi) is 3.95. The van der Waals surface area contributed by atoms with Crippen molar-refractivity contribution in [3.63, 3.8) is 0 Å². The molecule has 8 heteroatoms. The normalized spacial score (nSPS) is 11.5. The molecule has 0 radical (unpaired) electrons. The summed E-state index contributed by atoms with van der Waals surface area (Å²) in [4.78, 5) is 0. The third-order valence-electron chi connectivity index (χ3n) is 2.88. The fourth-order valence-corrected chi connectivity index (χ4v) is 4.01. The first-order chi connectivity index (χ1) is 10.6. The van der Waals surface area contributed by atoms with Gasteiger partial charge in [-0.15, -0.1) is 21.5 Å². The van der Waals surface area contributed by atoms with Gasteiger partial charge in [-0.1, -0.05) is 25.1 Å². The monoisotopic (exact) mass is 335 g/mol. The number of nitrogens with one attached hydrogen (secondary N) is 1. The summed E-state index contributed by atoms with van der Waals surface area (Å²) in [6.45, 7) is 1.91. The van der Waals surface area contributed by atoms with Crippen molar-refractivity contribution < 1.29 is 12.8 Å². The Bertz CT molecular complexity index is 870. The summed E-state index contributed by atoms with van der Waals surface area (Å²) in [5.74, 6) is 0.849. The van der Waals surface area contributed by atoms with E-state index in [0.29, 0.717) is 29.5 Å². The number of aryl methyl sites for hydroxylation is 1. The second kappa shape index (κ2) is 5.90. The fraction of sp³-hybridized carbons (Fsp3) is 0.143. The van der Waals surface area contributed by atoms with Gasteiger partial charge < -0.3 is 4.42 Å². The highest BCUT2D eigenvalue weighted by atomic mass is 32.2. The number of hydrogen-bond donors (Lipinski definition) is 1. The van der Waals surface area contributed by atoms with E-state index in [4.69, 9.17) is 4.42 Å². The summed E-state index contributed by atoms with van der Waals surface area (Å²) in [6.07, 6.45) is 0.637. The molecular formula is C14H13N3O3S2. The van der Waals surface area contributed by atoms with Crippen molar-refractivity contribution >= 4 is 27.0 Å². The molecule has 1 aromatic carbocycles. The molecule has 114 valence electrons. The maximum absolute atomic E-state index is 12.3. The van der Waals surface area contributed by atoms with Crippen molar-refractivity contribution in [1.29, 1.82) is 0 Å². The Balaban J connectivity index is 1.86. The first kappa shape index (κ1) is 14.7. The Labute approximate surface area is 131 Å². The molecule has 0 atom stereocenters. The van der Waals surface area contributed by atoms with Crippen molar-refractivity contribution in [2.75, 3.05) is 4.72 Å². The van der Waals surface area contributed by atoms with E-state index >= 15 is 0 Å². The smallest absolute Gasteiger partial charge is 0.271 e. The van der Waals surface area contributed by atoms with Crippen LogP contribution >= 0.6 is 11.3 Å². The summed E-state index contributed by atoms with van der Waals surface area (Å²) in [6, 6.07) is 10.3. The molecular weight excluding hydrogens is 322 g/mol. The number of rotatable bonds is 5. The molecule has 0 amide bonds. The number of hydrogen-bond acceptors (Lipinski definition) is 6. The molecule has 0 saturated heterocycles. The molecule has 6 nitrogen and oxygen atoms in total. The third kappa shape index (κ3) is 3.02. The van der Waals surface area contributed by atoms with Crippen LogP contribution in [0.4, 0.5) is 5.69 Å².